The van der Waals surface area contributed by atoms with E-state index in [1.54, 1.807) is 25.2 Å². The van der Waals surface area contributed by atoms with Crippen molar-refractivity contribution in [3.05, 3.63) is 35.1 Å². The first-order chi connectivity index (χ1) is 8.06. The van der Waals surface area contributed by atoms with Gasteiger partial charge in [-0.1, -0.05) is 16.8 Å². The van der Waals surface area contributed by atoms with Gasteiger partial charge >= 0.3 is 0 Å². The number of hydrogen-bond acceptors (Lipinski definition) is 4. The number of carbonyl (C=O) groups excluding carboxylic acids is 1. The van der Waals surface area contributed by atoms with Crippen LogP contribution in [0.2, 0.25) is 5.02 Å². The topological polar surface area (TPSA) is 85.8 Å². The summed E-state index contributed by atoms with van der Waals surface area (Å²) in [5.41, 5.74) is 6.81. The first-order valence-corrected chi connectivity index (χ1v) is 5.17. The molecule has 0 aliphatic heterocycles. The molecule has 0 saturated carbocycles. The molecule has 17 heavy (non-hydrogen) atoms. The van der Waals surface area contributed by atoms with Gasteiger partial charge in [-0.05, 0) is 18.2 Å². The summed E-state index contributed by atoms with van der Waals surface area (Å²) in [6.07, 6.45) is 1.51. The molecule has 1 heterocycles. The van der Waals surface area contributed by atoms with Crippen molar-refractivity contribution in [2.24, 2.45) is 7.05 Å². The summed E-state index contributed by atoms with van der Waals surface area (Å²) in [6.45, 7) is 0. The molecule has 3 N–H and O–H groups in total. The van der Waals surface area contributed by atoms with Crippen molar-refractivity contribution in [2.75, 3.05) is 11.1 Å². The molecule has 0 unspecified atom stereocenters. The first-order valence-electron chi connectivity index (χ1n) is 4.79. The average molecular weight is 252 g/mol. The summed E-state index contributed by atoms with van der Waals surface area (Å²) in [4.78, 5) is 11.8. The largest absolute Gasteiger partial charge is 0.397 e. The number of nitrogens with two attached hydrogens (primary N) is 1. The minimum atomic E-state index is -0.382. The van der Waals surface area contributed by atoms with Crippen LogP contribution in [0.3, 0.4) is 0 Å². The molecule has 1 amide bonds. The molecule has 2 aromatic rings. The van der Waals surface area contributed by atoms with Crippen molar-refractivity contribution in [2.45, 2.75) is 0 Å². The van der Waals surface area contributed by atoms with E-state index < -0.39 is 0 Å². The van der Waals surface area contributed by atoms with Crippen molar-refractivity contribution in [1.29, 1.82) is 0 Å². The summed E-state index contributed by atoms with van der Waals surface area (Å²) in [6, 6.07) is 4.84. The number of carbonyl (C=O) groups is 1. The van der Waals surface area contributed by atoms with E-state index in [4.69, 9.17) is 17.3 Å². The van der Waals surface area contributed by atoms with Gasteiger partial charge in [0.2, 0.25) is 0 Å². The van der Waals surface area contributed by atoms with Crippen LogP contribution >= 0.6 is 11.6 Å². The number of halogens is 1. The lowest BCUT2D eigenvalue weighted by atomic mass is 10.2. The summed E-state index contributed by atoms with van der Waals surface area (Å²) in [5.74, 6) is -0.382. The number of rotatable bonds is 2. The SMILES string of the molecule is Cn1cc(C(=O)Nc2cc(Cl)ccc2N)nn1. The zero-order valence-corrected chi connectivity index (χ0v) is 9.77. The molecule has 0 atom stereocenters. The molecule has 0 fully saturated rings. The quantitative estimate of drug-likeness (QED) is 0.788. The highest BCUT2D eigenvalue weighted by Gasteiger charge is 2.11. The molecule has 0 aliphatic rings. The van der Waals surface area contributed by atoms with Crippen molar-refractivity contribution in [3.8, 4) is 0 Å². The van der Waals surface area contributed by atoms with E-state index in [1.807, 2.05) is 0 Å². The Hall–Kier alpha value is -2.08. The smallest absolute Gasteiger partial charge is 0.277 e. The van der Waals surface area contributed by atoms with Crippen molar-refractivity contribution >= 4 is 28.9 Å². The van der Waals surface area contributed by atoms with Gasteiger partial charge in [0.05, 0.1) is 17.6 Å². The third-order valence-electron chi connectivity index (χ3n) is 2.10. The lowest BCUT2D eigenvalue weighted by Crippen LogP contribution is -2.13. The highest BCUT2D eigenvalue weighted by atomic mass is 35.5. The van der Waals surface area contributed by atoms with Gasteiger partial charge in [-0.2, -0.15) is 0 Å². The Balaban J connectivity index is 2.21. The number of anilines is 2. The fraction of sp³-hybridized carbons (Fsp3) is 0.100. The van der Waals surface area contributed by atoms with Gasteiger partial charge in [-0.15, -0.1) is 5.10 Å². The van der Waals surface area contributed by atoms with Gasteiger partial charge in [-0.3, -0.25) is 9.48 Å². The van der Waals surface area contributed by atoms with E-state index >= 15 is 0 Å². The Bertz CT molecular complexity index is 566. The molecule has 0 bridgehead atoms. The summed E-state index contributed by atoms with van der Waals surface area (Å²) in [7, 11) is 1.68. The molecule has 0 radical (unpaired) electrons. The van der Waals surface area contributed by atoms with Crippen LogP contribution in [0.4, 0.5) is 11.4 Å². The number of nitrogens with zero attached hydrogens (tertiary/aromatic N) is 3. The monoisotopic (exact) mass is 251 g/mol. The number of aryl methyl sites for hydroxylation is 1. The first kappa shape index (κ1) is 11.4. The number of hydrogen-bond donors (Lipinski definition) is 2. The second-order valence-electron chi connectivity index (χ2n) is 3.46. The normalized spacial score (nSPS) is 10.2. The van der Waals surface area contributed by atoms with Crippen LogP contribution in [0.1, 0.15) is 10.5 Å². The zero-order valence-electron chi connectivity index (χ0n) is 9.01. The van der Waals surface area contributed by atoms with E-state index in [2.05, 4.69) is 15.6 Å². The molecule has 7 heteroatoms. The van der Waals surface area contributed by atoms with Gasteiger partial charge in [0, 0.05) is 12.1 Å². The third-order valence-corrected chi connectivity index (χ3v) is 2.33. The van der Waals surface area contributed by atoms with E-state index in [0.29, 0.717) is 16.4 Å². The van der Waals surface area contributed by atoms with E-state index in [0.717, 1.165) is 0 Å². The maximum Gasteiger partial charge on any atom is 0.277 e. The molecule has 6 nitrogen and oxygen atoms in total. The van der Waals surface area contributed by atoms with Crippen molar-refractivity contribution in [3.63, 3.8) is 0 Å². The molecular formula is C10H10ClN5O. The third kappa shape index (κ3) is 2.54. The number of amides is 1. The average Bonchev–Trinajstić information content (AvgIpc) is 2.70. The van der Waals surface area contributed by atoms with Crippen molar-refractivity contribution in [1.82, 2.24) is 15.0 Å². The number of nitrogens with one attached hydrogen (secondary N) is 1. The highest BCUT2D eigenvalue weighted by Crippen LogP contribution is 2.23. The zero-order chi connectivity index (χ0) is 12.4. The highest BCUT2D eigenvalue weighted by molar-refractivity contribution is 6.31. The van der Waals surface area contributed by atoms with Gasteiger partial charge in [0.15, 0.2) is 5.69 Å². The molecular weight excluding hydrogens is 242 g/mol. The Labute approximate surface area is 102 Å². The second kappa shape index (κ2) is 4.42. The van der Waals surface area contributed by atoms with Gasteiger partial charge in [0.25, 0.3) is 5.91 Å². The standard InChI is InChI=1S/C10H10ClN5O/c1-16-5-9(14-15-16)10(17)13-8-4-6(11)2-3-7(8)12/h2-5H,12H2,1H3,(H,13,17). The second-order valence-corrected chi connectivity index (χ2v) is 3.90. The minimum absolute atomic E-state index is 0.215. The fourth-order valence-corrected chi connectivity index (χ4v) is 1.45. The Kier molecular flexibility index (Phi) is 2.97. The van der Waals surface area contributed by atoms with Crippen LogP contribution in [0.5, 0.6) is 0 Å². The number of nitrogen functional groups attached to an aromatic ring is 1. The van der Waals surface area contributed by atoms with Crippen LogP contribution in [0, 0.1) is 0 Å². The van der Waals surface area contributed by atoms with Gasteiger partial charge in [0.1, 0.15) is 0 Å². The maximum atomic E-state index is 11.8. The van der Waals surface area contributed by atoms with E-state index in [-0.39, 0.29) is 11.6 Å². The lowest BCUT2D eigenvalue weighted by Gasteiger charge is -2.06. The van der Waals surface area contributed by atoms with Crippen LogP contribution in [-0.4, -0.2) is 20.9 Å². The summed E-state index contributed by atoms with van der Waals surface area (Å²) >= 11 is 5.81. The number of aromatic nitrogens is 3. The molecule has 0 aliphatic carbocycles. The lowest BCUT2D eigenvalue weighted by molar-refractivity contribution is 0.102. The summed E-state index contributed by atoms with van der Waals surface area (Å²) in [5, 5.41) is 10.5. The molecule has 1 aromatic heterocycles. The van der Waals surface area contributed by atoms with Crippen LogP contribution in [0.25, 0.3) is 0 Å². The van der Waals surface area contributed by atoms with E-state index in [9.17, 15) is 4.79 Å². The maximum absolute atomic E-state index is 11.8. The molecule has 1 aromatic carbocycles. The predicted molar refractivity (Wildman–Crippen MR) is 64.8 cm³/mol. The van der Waals surface area contributed by atoms with E-state index in [1.165, 1.54) is 10.9 Å². The fourth-order valence-electron chi connectivity index (χ4n) is 1.27. The van der Waals surface area contributed by atoms with Crippen molar-refractivity contribution < 1.29 is 4.79 Å². The molecule has 0 spiro atoms. The van der Waals surface area contributed by atoms with Crippen LogP contribution < -0.4 is 11.1 Å². The Morgan fingerprint density at radius 1 is 1.53 bits per heavy atom. The number of benzene rings is 1. The van der Waals surface area contributed by atoms with Crippen LogP contribution in [0.15, 0.2) is 24.4 Å². The van der Waals surface area contributed by atoms with Gasteiger partial charge < -0.3 is 11.1 Å². The molecule has 2 rings (SSSR count). The summed E-state index contributed by atoms with van der Waals surface area (Å²) < 4.78 is 1.44. The van der Waals surface area contributed by atoms with Gasteiger partial charge in [-0.25, -0.2) is 0 Å². The minimum Gasteiger partial charge on any atom is -0.397 e. The Morgan fingerprint density at radius 3 is 2.94 bits per heavy atom. The van der Waals surface area contributed by atoms with Crippen LogP contribution in [-0.2, 0) is 7.05 Å². The molecule has 88 valence electrons. The Morgan fingerprint density at radius 2 is 2.29 bits per heavy atom. The molecule has 0 saturated heterocycles. The predicted octanol–water partition coefficient (Wildman–Crippen LogP) is 1.30.